The first-order chi connectivity index (χ1) is 15.4. The zero-order valence-corrected chi connectivity index (χ0v) is 17.6. The number of halogens is 6. The van der Waals surface area contributed by atoms with Gasteiger partial charge in [-0.25, -0.2) is 0 Å². The third-order valence-corrected chi connectivity index (χ3v) is 6.53. The number of hydrogen-bond donors (Lipinski definition) is 2. The van der Waals surface area contributed by atoms with E-state index in [1.54, 1.807) is 0 Å². The van der Waals surface area contributed by atoms with Gasteiger partial charge in [0.15, 0.2) is 0 Å². The quantitative estimate of drug-likeness (QED) is 0.671. The maximum atomic E-state index is 13.2. The van der Waals surface area contributed by atoms with E-state index in [2.05, 4.69) is 5.32 Å². The Labute approximate surface area is 186 Å². The number of rotatable bonds is 4. The van der Waals surface area contributed by atoms with Crippen molar-refractivity contribution in [3.05, 3.63) is 70.3 Å². The van der Waals surface area contributed by atoms with Crippen LogP contribution in [-0.2, 0) is 36.4 Å². The van der Waals surface area contributed by atoms with Gasteiger partial charge in [0.05, 0.1) is 11.1 Å². The summed E-state index contributed by atoms with van der Waals surface area (Å²) in [6, 6.07) is 8.81. The van der Waals surface area contributed by atoms with Crippen molar-refractivity contribution in [1.82, 2.24) is 10.2 Å². The van der Waals surface area contributed by atoms with Gasteiger partial charge in [0.1, 0.15) is 5.54 Å². The van der Waals surface area contributed by atoms with E-state index in [0.29, 0.717) is 25.9 Å². The van der Waals surface area contributed by atoms with Crippen LogP contribution in [0.5, 0.6) is 0 Å². The van der Waals surface area contributed by atoms with Crippen molar-refractivity contribution in [3.63, 3.8) is 0 Å². The SMILES string of the molecule is NC(=O)C1(N2CCNC(Cc3cc(C(F)(F)F)cc(C(F)(F)F)c3)C2)Cc2ccccc2C1. The molecule has 1 unspecified atom stereocenters. The summed E-state index contributed by atoms with van der Waals surface area (Å²) >= 11 is 0. The molecule has 10 heteroatoms. The number of alkyl halides is 6. The number of carbonyl (C=O) groups excluding carboxylic acids is 1. The highest BCUT2D eigenvalue weighted by Gasteiger charge is 2.48. The van der Waals surface area contributed by atoms with Crippen molar-refractivity contribution in [2.75, 3.05) is 19.6 Å². The lowest BCUT2D eigenvalue weighted by atomic mass is 9.89. The van der Waals surface area contributed by atoms with Crippen LogP contribution in [0.1, 0.15) is 27.8 Å². The first kappa shape index (κ1) is 23.6. The van der Waals surface area contributed by atoms with E-state index in [9.17, 15) is 31.1 Å². The second-order valence-electron chi connectivity index (χ2n) is 8.73. The summed E-state index contributed by atoms with van der Waals surface area (Å²) in [5.41, 5.74) is 4.15. The molecular formula is C23H23F6N3O. The fourth-order valence-electron chi connectivity index (χ4n) is 4.92. The molecule has 1 saturated heterocycles. The number of nitrogens with two attached hydrogens (primary N) is 1. The first-order valence-corrected chi connectivity index (χ1v) is 10.5. The second-order valence-corrected chi connectivity index (χ2v) is 8.73. The summed E-state index contributed by atoms with van der Waals surface area (Å²) in [6.45, 7) is 1.19. The predicted molar refractivity (Wildman–Crippen MR) is 109 cm³/mol. The molecule has 2 aromatic rings. The number of nitrogens with one attached hydrogen (secondary N) is 1. The Balaban J connectivity index is 1.58. The molecule has 0 saturated carbocycles. The number of primary amides is 1. The van der Waals surface area contributed by atoms with Gasteiger partial charge in [0.25, 0.3) is 0 Å². The first-order valence-electron chi connectivity index (χ1n) is 10.5. The Morgan fingerprint density at radius 3 is 2.03 bits per heavy atom. The van der Waals surface area contributed by atoms with E-state index in [1.807, 2.05) is 29.2 Å². The zero-order chi connectivity index (χ0) is 24.0. The summed E-state index contributed by atoms with van der Waals surface area (Å²) in [6.07, 6.45) is -8.99. The van der Waals surface area contributed by atoms with E-state index in [4.69, 9.17) is 5.73 Å². The molecule has 1 heterocycles. The Hall–Kier alpha value is -2.59. The van der Waals surface area contributed by atoms with Crippen LogP contribution >= 0.6 is 0 Å². The second kappa shape index (κ2) is 8.32. The number of nitrogens with zero attached hydrogens (tertiary/aromatic N) is 1. The average Bonchev–Trinajstić information content (AvgIpc) is 3.14. The zero-order valence-electron chi connectivity index (χ0n) is 17.6. The highest BCUT2D eigenvalue weighted by molar-refractivity contribution is 5.86. The maximum absolute atomic E-state index is 13.2. The highest BCUT2D eigenvalue weighted by Crippen LogP contribution is 2.38. The number of amides is 1. The van der Waals surface area contributed by atoms with Gasteiger partial charge in [-0.05, 0) is 41.3 Å². The van der Waals surface area contributed by atoms with Crippen molar-refractivity contribution >= 4 is 5.91 Å². The molecule has 0 aromatic heterocycles. The number of hydrogen-bond acceptors (Lipinski definition) is 3. The third kappa shape index (κ3) is 4.72. The predicted octanol–water partition coefficient (Wildman–Crippen LogP) is 3.56. The molecule has 4 nitrogen and oxygen atoms in total. The third-order valence-electron chi connectivity index (χ3n) is 6.53. The van der Waals surface area contributed by atoms with Crippen LogP contribution in [0.2, 0.25) is 0 Å². The molecule has 0 bridgehead atoms. The van der Waals surface area contributed by atoms with Gasteiger partial charge in [-0.15, -0.1) is 0 Å². The molecule has 1 aliphatic heterocycles. The lowest BCUT2D eigenvalue weighted by Gasteiger charge is -2.44. The van der Waals surface area contributed by atoms with Crippen molar-refractivity contribution in [1.29, 1.82) is 0 Å². The summed E-state index contributed by atoms with van der Waals surface area (Å²) in [7, 11) is 0. The van der Waals surface area contributed by atoms with Crippen LogP contribution in [0.3, 0.4) is 0 Å². The van der Waals surface area contributed by atoms with Crippen LogP contribution in [-0.4, -0.2) is 42.0 Å². The van der Waals surface area contributed by atoms with E-state index < -0.39 is 41.0 Å². The molecule has 0 radical (unpaired) electrons. The molecular weight excluding hydrogens is 448 g/mol. The Kier molecular flexibility index (Phi) is 5.94. The van der Waals surface area contributed by atoms with Crippen LogP contribution in [0, 0.1) is 0 Å². The molecule has 178 valence electrons. The molecule has 4 rings (SSSR count). The van der Waals surface area contributed by atoms with E-state index >= 15 is 0 Å². The molecule has 2 aliphatic rings. The van der Waals surface area contributed by atoms with Gasteiger partial charge in [-0.3, -0.25) is 9.69 Å². The van der Waals surface area contributed by atoms with Crippen molar-refractivity contribution in [3.8, 4) is 0 Å². The Bertz CT molecular complexity index is 992. The Morgan fingerprint density at radius 1 is 1.00 bits per heavy atom. The van der Waals surface area contributed by atoms with Gasteiger partial charge in [0, 0.05) is 38.5 Å². The molecule has 1 atom stereocenters. The molecule has 1 fully saturated rings. The average molecular weight is 471 g/mol. The molecule has 1 amide bonds. The van der Waals surface area contributed by atoms with Gasteiger partial charge in [-0.1, -0.05) is 24.3 Å². The van der Waals surface area contributed by atoms with E-state index in [1.165, 1.54) is 0 Å². The fraction of sp³-hybridized carbons (Fsp3) is 0.435. The lowest BCUT2D eigenvalue weighted by molar-refractivity contribution is -0.143. The minimum Gasteiger partial charge on any atom is -0.368 e. The van der Waals surface area contributed by atoms with Crippen LogP contribution in [0.25, 0.3) is 0 Å². The van der Waals surface area contributed by atoms with E-state index in [0.717, 1.165) is 23.3 Å². The number of benzene rings is 2. The molecule has 3 N–H and O–H groups in total. The fourth-order valence-corrected chi connectivity index (χ4v) is 4.92. The van der Waals surface area contributed by atoms with Crippen LogP contribution < -0.4 is 11.1 Å². The molecule has 0 spiro atoms. The normalized spacial score (nSPS) is 21.1. The summed E-state index contributed by atoms with van der Waals surface area (Å²) in [5.74, 6) is -0.488. The minimum absolute atomic E-state index is 0.0503. The smallest absolute Gasteiger partial charge is 0.368 e. The minimum atomic E-state index is -4.90. The van der Waals surface area contributed by atoms with Gasteiger partial charge in [-0.2, -0.15) is 26.3 Å². The van der Waals surface area contributed by atoms with E-state index in [-0.39, 0.29) is 24.6 Å². The Morgan fingerprint density at radius 2 is 1.55 bits per heavy atom. The van der Waals surface area contributed by atoms with Crippen LogP contribution in [0.4, 0.5) is 26.3 Å². The van der Waals surface area contributed by atoms with Crippen molar-refractivity contribution in [2.45, 2.75) is 43.2 Å². The largest absolute Gasteiger partial charge is 0.416 e. The van der Waals surface area contributed by atoms with Crippen molar-refractivity contribution < 1.29 is 31.1 Å². The van der Waals surface area contributed by atoms with Gasteiger partial charge >= 0.3 is 12.4 Å². The number of fused-ring (bicyclic) bond motifs is 1. The van der Waals surface area contributed by atoms with Gasteiger partial charge < -0.3 is 11.1 Å². The summed E-state index contributed by atoms with van der Waals surface area (Å²) in [4.78, 5) is 14.5. The number of piperazine rings is 1. The van der Waals surface area contributed by atoms with Crippen molar-refractivity contribution in [2.24, 2.45) is 5.73 Å². The summed E-state index contributed by atoms with van der Waals surface area (Å²) in [5, 5.41) is 3.16. The highest BCUT2D eigenvalue weighted by atomic mass is 19.4. The van der Waals surface area contributed by atoms with Gasteiger partial charge in [0.2, 0.25) is 5.91 Å². The molecule has 1 aliphatic carbocycles. The topological polar surface area (TPSA) is 58.4 Å². The van der Waals surface area contributed by atoms with Crippen LogP contribution in [0.15, 0.2) is 42.5 Å². The molecule has 33 heavy (non-hydrogen) atoms. The monoisotopic (exact) mass is 471 g/mol. The summed E-state index contributed by atoms with van der Waals surface area (Å²) < 4.78 is 79.2. The lowest BCUT2D eigenvalue weighted by Crippen LogP contribution is -2.65. The maximum Gasteiger partial charge on any atom is 0.416 e. The standard InChI is InChI=1S/C23H23F6N3O/c24-22(25,26)17-7-14(8-18(10-17)23(27,28)29)9-19-13-32(6-5-31-19)21(20(30)33)11-15-3-1-2-4-16(15)12-21/h1-4,7-8,10,19,31H,5-6,9,11-13H2,(H2,30,33). The molecule has 2 aromatic carbocycles. The number of carbonyl (C=O) groups is 1.